The quantitative estimate of drug-likeness (QED) is 0.653. The smallest absolute Gasteiger partial charge is 0.170 e. The maximum atomic E-state index is 13.4. The molecule has 0 heterocycles. The van der Waals surface area contributed by atoms with E-state index in [9.17, 15) is 8.78 Å². The fourth-order valence-corrected chi connectivity index (χ4v) is 2.31. The zero-order chi connectivity index (χ0) is 14.5. The molecule has 0 bridgehead atoms. The number of anilines is 1. The molecule has 0 saturated carbocycles. The number of benzene rings is 1. The van der Waals surface area contributed by atoms with Crippen LogP contribution in [0.3, 0.4) is 0 Å². The number of rotatable bonds is 4. The molecule has 0 atom stereocenters. The highest BCUT2D eigenvalue weighted by Gasteiger charge is 2.10. The molecule has 0 amide bonds. The monoisotopic (exact) mass is 304 g/mol. The summed E-state index contributed by atoms with van der Waals surface area (Å²) in [6, 6.07) is 3.21. The van der Waals surface area contributed by atoms with Gasteiger partial charge in [-0.3, -0.25) is 0 Å². The average Bonchev–Trinajstić information content (AvgIpc) is 2.28. The first-order valence-corrected chi connectivity index (χ1v) is 7.31. The van der Waals surface area contributed by atoms with Crippen LogP contribution in [0.15, 0.2) is 18.2 Å². The van der Waals surface area contributed by atoms with E-state index >= 15 is 0 Å². The Morgan fingerprint density at radius 2 is 2.00 bits per heavy atom. The lowest BCUT2D eigenvalue weighted by Crippen LogP contribution is -2.31. The van der Waals surface area contributed by atoms with Crippen molar-refractivity contribution in [2.24, 2.45) is 0 Å². The van der Waals surface area contributed by atoms with E-state index < -0.39 is 11.6 Å². The van der Waals surface area contributed by atoms with Crippen LogP contribution < -0.4 is 10.6 Å². The minimum Gasteiger partial charge on any atom is -0.362 e. The van der Waals surface area contributed by atoms with Crippen molar-refractivity contribution in [3.8, 4) is 0 Å². The molecule has 0 saturated heterocycles. The summed E-state index contributed by atoms with van der Waals surface area (Å²) in [6.07, 6.45) is 0. The van der Waals surface area contributed by atoms with Gasteiger partial charge in [0.2, 0.25) is 0 Å². The lowest BCUT2D eigenvalue weighted by atomic mass is 10.3. The molecule has 1 aromatic carbocycles. The van der Waals surface area contributed by atoms with Crippen molar-refractivity contribution >= 4 is 34.8 Å². The van der Waals surface area contributed by atoms with Crippen molar-refractivity contribution in [1.29, 1.82) is 0 Å². The summed E-state index contributed by atoms with van der Waals surface area (Å²) in [5, 5.41) is 5.90. The predicted molar refractivity (Wildman–Crippen MR) is 82.8 cm³/mol. The van der Waals surface area contributed by atoms with Gasteiger partial charge in [-0.1, -0.05) is 20.8 Å². The summed E-state index contributed by atoms with van der Waals surface area (Å²) < 4.78 is 26.5. The van der Waals surface area contributed by atoms with Crippen LogP contribution in [-0.2, 0) is 0 Å². The predicted octanol–water partition coefficient (Wildman–Crippen LogP) is 3.78. The molecule has 0 aliphatic rings. The largest absolute Gasteiger partial charge is 0.362 e. The van der Waals surface area contributed by atoms with E-state index in [0.717, 1.165) is 24.0 Å². The molecule has 0 aliphatic carbocycles. The van der Waals surface area contributed by atoms with Gasteiger partial charge in [-0.15, -0.1) is 0 Å². The van der Waals surface area contributed by atoms with Gasteiger partial charge in [-0.25, -0.2) is 8.78 Å². The van der Waals surface area contributed by atoms with Crippen LogP contribution in [0.25, 0.3) is 0 Å². The molecule has 0 spiro atoms. The van der Waals surface area contributed by atoms with Crippen LogP contribution in [0.2, 0.25) is 0 Å². The molecule has 2 nitrogen and oxygen atoms in total. The molecule has 1 aromatic rings. The highest BCUT2D eigenvalue weighted by molar-refractivity contribution is 8.00. The minimum absolute atomic E-state index is 0.0426. The highest BCUT2D eigenvalue weighted by Crippen LogP contribution is 2.22. The first kappa shape index (κ1) is 16.2. The summed E-state index contributed by atoms with van der Waals surface area (Å²) in [5.74, 6) is -0.152. The van der Waals surface area contributed by atoms with Crippen molar-refractivity contribution in [2.75, 3.05) is 17.6 Å². The molecule has 0 radical (unpaired) electrons. The SMILES string of the molecule is CC(C)(C)SCCNC(=S)Nc1cc(F)ccc1F. The normalized spacial score (nSPS) is 11.2. The second kappa shape index (κ2) is 7.05. The second-order valence-electron chi connectivity index (χ2n) is 4.97. The number of nitrogens with one attached hydrogen (secondary N) is 2. The number of thioether (sulfide) groups is 1. The number of thiocarbonyl (C=S) groups is 1. The Labute approximate surface area is 122 Å². The highest BCUT2D eigenvalue weighted by atomic mass is 32.2. The molecule has 106 valence electrons. The summed E-state index contributed by atoms with van der Waals surface area (Å²) in [7, 11) is 0. The number of hydrogen-bond donors (Lipinski definition) is 2. The average molecular weight is 304 g/mol. The second-order valence-corrected chi connectivity index (χ2v) is 7.30. The van der Waals surface area contributed by atoms with E-state index in [-0.39, 0.29) is 10.4 Å². The van der Waals surface area contributed by atoms with Crippen LogP contribution >= 0.6 is 24.0 Å². The fourth-order valence-electron chi connectivity index (χ4n) is 1.28. The van der Waals surface area contributed by atoms with Crippen molar-refractivity contribution < 1.29 is 8.78 Å². The Morgan fingerprint density at radius 1 is 1.32 bits per heavy atom. The van der Waals surface area contributed by atoms with Crippen molar-refractivity contribution in [3.63, 3.8) is 0 Å². The van der Waals surface area contributed by atoms with Gasteiger partial charge >= 0.3 is 0 Å². The zero-order valence-electron chi connectivity index (χ0n) is 11.2. The maximum Gasteiger partial charge on any atom is 0.170 e. The van der Waals surface area contributed by atoms with Gasteiger partial charge in [0.1, 0.15) is 11.6 Å². The Hall–Kier alpha value is -0.880. The van der Waals surface area contributed by atoms with Crippen LogP contribution in [-0.4, -0.2) is 22.2 Å². The van der Waals surface area contributed by atoms with Gasteiger partial charge in [0.05, 0.1) is 5.69 Å². The number of halogens is 2. The summed E-state index contributed by atoms with van der Waals surface area (Å²) in [5.41, 5.74) is 0.0426. The van der Waals surface area contributed by atoms with Gasteiger partial charge in [-0.2, -0.15) is 11.8 Å². The molecule has 0 unspecified atom stereocenters. The van der Waals surface area contributed by atoms with Gasteiger partial charge < -0.3 is 10.6 Å². The van der Waals surface area contributed by atoms with Crippen molar-refractivity contribution in [2.45, 2.75) is 25.5 Å². The minimum atomic E-state index is -0.533. The summed E-state index contributed by atoms with van der Waals surface area (Å²) >= 11 is 6.83. The Kier molecular flexibility index (Phi) is 6.00. The molecule has 0 aliphatic heterocycles. The van der Waals surface area contributed by atoms with E-state index in [0.29, 0.717) is 11.7 Å². The Bertz CT molecular complexity index is 445. The molecule has 0 aromatic heterocycles. The third-order valence-corrected chi connectivity index (χ3v) is 3.62. The van der Waals surface area contributed by atoms with E-state index in [2.05, 4.69) is 31.4 Å². The summed E-state index contributed by atoms with van der Waals surface area (Å²) in [4.78, 5) is 0. The van der Waals surface area contributed by atoms with Gasteiger partial charge in [-0.05, 0) is 24.4 Å². The number of hydrogen-bond acceptors (Lipinski definition) is 2. The van der Waals surface area contributed by atoms with E-state index in [1.165, 1.54) is 0 Å². The zero-order valence-corrected chi connectivity index (χ0v) is 12.9. The fraction of sp³-hybridized carbons (Fsp3) is 0.462. The van der Waals surface area contributed by atoms with E-state index in [1.807, 2.05) is 0 Å². The topological polar surface area (TPSA) is 24.1 Å². The van der Waals surface area contributed by atoms with Gasteiger partial charge in [0.15, 0.2) is 5.11 Å². The molecule has 1 rings (SSSR count). The third kappa shape index (κ3) is 6.73. The first-order chi connectivity index (χ1) is 8.78. The first-order valence-electron chi connectivity index (χ1n) is 5.92. The maximum absolute atomic E-state index is 13.4. The lowest BCUT2D eigenvalue weighted by molar-refractivity contribution is 0.604. The van der Waals surface area contributed by atoms with Crippen LogP contribution in [0.1, 0.15) is 20.8 Å². The summed E-state index contributed by atoms with van der Waals surface area (Å²) in [6.45, 7) is 7.08. The van der Waals surface area contributed by atoms with Crippen LogP contribution in [0, 0.1) is 11.6 Å². The van der Waals surface area contributed by atoms with E-state index in [4.69, 9.17) is 12.2 Å². The van der Waals surface area contributed by atoms with Crippen molar-refractivity contribution in [1.82, 2.24) is 5.32 Å². The molecular formula is C13H18F2N2S2. The standard InChI is InChI=1S/C13H18F2N2S2/c1-13(2,3)19-7-6-16-12(18)17-11-8-9(14)4-5-10(11)15/h4-5,8H,6-7H2,1-3H3,(H2,16,17,18). The van der Waals surface area contributed by atoms with E-state index in [1.54, 1.807) is 11.8 Å². The molecule has 19 heavy (non-hydrogen) atoms. The molecule has 6 heteroatoms. The molecule has 2 N–H and O–H groups in total. The molecular weight excluding hydrogens is 286 g/mol. The van der Waals surface area contributed by atoms with Crippen LogP contribution in [0.5, 0.6) is 0 Å². The Morgan fingerprint density at radius 3 is 2.63 bits per heavy atom. The Balaban J connectivity index is 2.37. The van der Waals surface area contributed by atoms with Crippen molar-refractivity contribution in [3.05, 3.63) is 29.8 Å². The van der Waals surface area contributed by atoms with Gasteiger partial charge in [0, 0.05) is 23.1 Å². The van der Waals surface area contributed by atoms with Crippen LogP contribution in [0.4, 0.5) is 14.5 Å². The third-order valence-electron chi connectivity index (χ3n) is 2.10. The van der Waals surface area contributed by atoms with Gasteiger partial charge in [0.25, 0.3) is 0 Å². The lowest BCUT2D eigenvalue weighted by Gasteiger charge is -2.18. The molecule has 0 fully saturated rings.